The molecule has 0 radical (unpaired) electrons. The maximum Gasteiger partial charge on any atom is 0.277 e. The fraction of sp³-hybridized carbons (Fsp3) is 0.143. The van der Waals surface area contributed by atoms with Gasteiger partial charge in [-0.1, -0.05) is 35.9 Å². The van der Waals surface area contributed by atoms with Gasteiger partial charge in [-0.3, -0.25) is 4.79 Å². The molecule has 3 aromatic rings. The minimum atomic E-state index is -0.349. The highest BCUT2D eigenvalue weighted by Gasteiger charge is 2.06. The summed E-state index contributed by atoms with van der Waals surface area (Å²) in [4.78, 5) is 12.0. The molecule has 0 saturated heterocycles. The minimum absolute atomic E-state index is 0.136. The smallest absolute Gasteiger partial charge is 0.277 e. The van der Waals surface area contributed by atoms with Crippen molar-refractivity contribution in [3.8, 4) is 11.5 Å². The van der Waals surface area contributed by atoms with Crippen molar-refractivity contribution in [2.24, 2.45) is 5.10 Å². The second-order valence-corrected chi connectivity index (χ2v) is 6.33. The number of methoxy groups -OCH3 is 1. The Morgan fingerprint density at radius 1 is 1.11 bits per heavy atom. The molecule has 0 saturated carbocycles. The molecule has 0 aliphatic heterocycles. The summed E-state index contributed by atoms with van der Waals surface area (Å²) in [5, 5.41) is 6.63. The maximum atomic E-state index is 12.0. The largest absolute Gasteiger partial charge is 0.496 e. The number of hydrogen-bond acceptors (Lipinski definition) is 4. The number of carbonyl (C=O) groups excluding carboxylic acids is 1. The Labute approximate surface area is 162 Å². The van der Waals surface area contributed by atoms with Crippen LogP contribution >= 0.6 is 11.6 Å². The molecule has 27 heavy (non-hydrogen) atoms. The predicted molar refractivity (Wildman–Crippen MR) is 108 cm³/mol. The van der Waals surface area contributed by atoms with Crippen LogP contribution in [0.15, 0.2) is 59.7 Å². The standard InChI is InChI=1S/C21H19ClN2O3/c1-14-11-16(22)8-10-19(14)27-13-21(25)24-23-12-15-7-9-20(26-2)18-6-4-3-5-17(15)18/h3-12H,13H2,1-2H3,(H,24,25). The fourth-order valence-corrected chi connectivity index (χ4v) is 2.94. The first kappa shape index (κ1) is 18.7. The Morgan fingerprint density at radius 3 is 2.59 bits per heavy atom. The Morgan fingerprint density at radius 2 is 1.85 bits per heavy atom. The van der Waals surface area contributed by atoms with Crippen LogP contribution in [0, 0.1) is 6.92 Å². The Bertz CT molecular complexity index is 1000. The van der Waals surface area contributed by atoms with Crippen molar-refractivity contribution >= 4 is 34.5 Å². The number of carbonyl (C=O) groups is 1. The third-order valence-corrected chi connectivity index (χ3v) is 4.26. The van der Waals surface area contributed by atoms with Gasteiger partial charge >= 0.3 is 0 Å². The maximum absolute atomic E-state index is 12.0. The van der Waals surface area contributed by atoms with Crippen molar-refractivity contribution in [2.45, 2.75) is 6.92 Å². The number of hydrogen-bond donors (Lipinski definition) is 1. The lowest BCUT2D eigenvalue weighted by Crippen LogP contribution is -2.24. The topological polar surface area (TPSA) is 59.9 Å². The first-order valence-electron chi connectivity index (χ1n) is 8.35. The quantitative estimate of drug-likeness (QED) is 0.509. The van der Waals surface area contributed by atoms with Crippen molar-refractivity contribution < 1.29 is 14.3 Å². The molecular weight excluding hydrogens is 364 g/mol. The normalized spacial score (nSPS) is 10.9. The van der Waals surface area contributed by atoms with Gasteiger partial charge < -0.3 is 9.47 Å². The molecule has 6 heteroatoms. The van der Waals surface area contributed by atoms with Gasteiger partial charge in [0, 0.05) is 16.0 Å². The zero-order valence-corrected chi connectivity index (χ0v) is 15.8. The van der Waals surface area contributed by atoms with E-state index in [0.29, 0.717) is 10.8 Å². The van der Waals surface area contributed by atoms with Crippen LogP contribution < -0.4 is 14.9 Å². The van der Waals surface area contributed by atoms with Crippen LogP contribution in [-0.4, -0.2) is 25.8 Å². The second-order valence-electron chi connectivity index (χ2n) is 5.89. The van der Waals surface area contributed by atoms with E-state index in [1.54, 1.807) is 31.5 Å². The number of hydrazone groups is 1. The number of benzene rings is 3. The lowest BCUT2D eigenvalue weighted by molar-refractivity contribution is -0.123. The first-order valence-corrected chi connectivity index (χ1v) is 8.73. The summed E-state index contributed by atoms with van der Waals surface area (Å²) in [6.45, 7) is 1.73. The van der Waals surface area contributed by atoms with Crippen molar-refractivity contribution in [3.05, 3.63) is 70.7 Å². The number of halogens is 1. The number of ether oxygens (including phenoxy) is 2. The monoisotopic (exact) mass is 382 g/mol. The average molecular weight is 383 g/mol. The highest BCUT2D eigenvalue weighted by molar-refractivity contribution is 6.30. The molecule has 0 atom stereocenters. The molecule has 5 nitrogen and oxygen atoms in total. The molecule has 0 spiro atoms. The van der Waals surface area contributed by atoms with Crippen LogP contribution in [0.1, 0.15) is 11.1 Å². The molecule has 1 N–H and O–H groups in total. The number of aryl methyl sites for hydroxylation is 1. The van der Waals surface area contributed by atoms with E-state index in [4.69, 9.17) is 21.1 Å². The number of nitrogens with one attached hydrogen (secondary N) is 1. The van der Waals surface area contributed by atoms with Gasteiger partial charge in [-0.25, -0.2) is 5.43 Å². The SMILES string of the molecule is COc1ccc(C=NNC(=O)COc2ccc(Cl)cc2C)c2ccccc12. The van der Waals surface area contributed by atoms with Gasteiger partial charge in [-0.05, 0) is 48.2 Å². The summed E-state index contributed by atoms with van der Waals surface area (Å²) < 4.78 is 10.9. The molecule has 0 unspecified atom stereocenters. The van der Waals surface area contributed by atoms with E-state index in [2.05, 4.69) is 10.5 Å². The molecule has 0 aromatic heterocycles. The molecule has 3 aromatic carbocycles. The number of fused-ring (bicyclic) bond motifs is 1. The molecule has 0 fully saturated rings. The van der Waals surface area contributed by atoms with Crippen molar-refractivity contribution in [3.63, 3.8) is 0 Å². The summed E-state index contributed by atoms with van der Waals surface area (Å²) in [5.74, 6) is 1.05. The molecule has 0 bridgehead atoms. The van der Waals surface area contributed by atoms with Crippen LogP contribution in [0.3, 0.4) is 0 Å². The molecular formula is C21H19ClN2O3. The first-order chi connectivity index (χ1) is 13.1. The van der Waals surface area contributed by atoms with E-state index < -0.39 is 0 Å². The van der Waals surface area contributed by atoms with Gasteiger partial charge in [-0.15, -0.1) is 0 Å². The summed E-state index contributed by atoms with van der Waals surface area (Å²) in [5.41, 5.74) is 4.21. The summed E-state index contributed by atoms with van der Waals surface area (Å²) in [7, 11) is 1.64. The van der Waals surface area contributed by atoms with Gasteiger partial charge in [0.15, 0.2) is 6.61 Å². The van der Waals surface area contributed by atoms with E-state index in [0.717, 1.165) is 27.6 Å². The van der Waals surface area contributed by atoms with Crippen LogP contribution in [0.4, 0.5) is 0 Å². The van der Waals surface area contributed by atoms with Gasteiger partial charge in [0.25, 0.3) is 5.91 Å². The summed E-state index contributed by atoms with van der Waals surface area (Å²) in [6.07, 6.45) is 1.60. The predicted octanol–water partition coefficient (Wildman–Crippen LogP) is 4.34. The van der Waals surface area contributed by atoms with Crippen LogP contribution in [0.25, 0.3) is 10.8 Å². The molecule has 0 aliphatic carbocycles. The van der Waals surface area contributed by atoms with Gasteiger partial charge in [0.2, 0.25) is 0 Å². The van der Waals surface area contributed by atoms with Gasteiger partial charge in [0.05, 0.1) is 13.3 Å². The number of amides is 1. The van der Waals surface area contributed by atoms with E-state index in [-0.39, 0.29) is 12.5 Å². The molecule has 0 aliphatic rings. The Hall–Kier alpha value is -3.05. The van der Waals surface area contributed by atoms with Crippen LogP contribution in [0.2, 0.25) is 5.02 Å². The van der Waals surface area contributed by atoms with Gasteiger partial charge in [0.1, 0.15) is 11.5 Å². The highest BCUT2D eigenvalue weighted by Crippen LogP contribution is 2.27. The van der Waals surface area contributed by atoms with E-state index in [9.17, 15) is 4.79 Å². The number of nitrogens with zero attached hydrogens (tertiary/aromatic N) is 1. The number of rotatable bonds is 6. The van der Waals surface area contributed by atoms with Crippen LogP contribution in [0.5, 0.6) is 11.5 Å². The second kappa shape index (κ2) is 8.56. The molecule has 138 valence electrons. The highest BCUT2D eigenvalue weighted by atomic mass is 35.5. The van der Waals surface area contributed by atoms with Crippen molar-refractivity contribution in [1.29, 1.82) is 0 Å². The van der Waals surface area contributed by atoms with Gasteiger partial charge in [-0.2, -0.15) is 5.10 Å². The Kier molecular flexibility index (Phi) is 5.94. The van der Waals surface area contributed by atoms with E-state index in [1.165, 1.54) is 0 Å². The lowest BCUT2D eigenvalue weighted by atomic mass is 10.0. The zero-order chi connectivity index (χ0) is 19.2. The fourth-order valence-electron chi connectivity index (χ4n) is 2.71. The molecule has 1 amide bonds. The lowest BCUT2D eigenvalue weighted by Gasteiger charge is -2.09. The Balaban J connectivity index is 1.64. The molecule has 3 rings (SSSR count). The minimum Gasteiger partial charge on any atom is -0.496 e. The van der Waals surface area contributed by atoms with Crippen molar-refractivity contribution in [2.75, 3.05) is 13.7 Å². The van der Waals surface area contributed by atoms with Crippen molar-refractivity contribution in [1.82, 2.24) is 5.43 Å². The summed E-state index contributed by atoms with van der Waals surface area (Å²) >= 11 is 5.91. The molecule has 0 heterocycles. The van der Waals surface area contributed by atoms with E-state index in [1.807, 2.05) is 43.3 Å². The summed E-state index contributed by atoms with van der Waals surface area (Å²) in [6, 6.07) is 16.8. The van der Waals surface area contributed by atoms with Crippen LogP contribution in [-0.2, 0) is 4.79 Å². The zero-order valence-electron chi connectivity index (χ0n) is 15.0. The third-order valence-electron chi connectivity index (χ3n) is 4.03. The third kappa shape index (κ3) is 4.57. The average Bonchev–Trinajstić information content (AvgIpc) is 2.67. The van der Waals surface area contributed by atoms with E-state index >= 15 is 0 Å².